The lowest BCUT2D eigenvalue weighted by atomic mass is 9.98. The number of rotatable bonds is 4. The highest BCUT2D eigenvalue weighted by atomic mass is 79.9. The number of alkyl halides is 1. The lowest BCUT2D eigenvalue weighted by molar-refractivity contribution is 0.0767. The maximum Gasteiger partial charge on any atom is 0.0615 e. The van der Waals surface area contributed by atoms with E-state index in [2.05, 4.69) is 27.8 Å². The van der Waals surface area contributed by atoms with Crippen molar-refractivity contribution >= 4 is 15.9 Å². The number of piperidine rings is 1. The van der Waals surface area contributed by atoms with E-state index in [4.69, 9.17) is 4.74 Å². The van der Waals surface area contributed by atoms with Gasteiger partial charge in [-0.1, -0.05) is 15.9 Å². The van der Waals surface area contributed by atoms with E-state index in [-0.39, 0.29) is 0 Å². The first-order valence-electron chi connectivity index (χ1n) is 5.07. The number of ether oxygens (including phenoxy) is 1. The molecule has 1 unspecified atom stereocenters. The van der Waals surface area contributed by atoms with Crippen molar-refractivity contribution < 1.29 is 4.74 Å². The minimum Gasteiger partial charge on any atom is -0.383 e. The van der Waals surface area contributed by atoms with Gasteiger partial charge in [-0.15, -0.1) is 0 Å². The zero-order valence-corrected chi connectivity index (χ0v) is 10.2. The molecule has 0 aromatic rings. The van der Waals surface area contributed by atoms with Crippen molar-refractivity contribution in [3.05, 3.63) is 0 Å². The Kier molecular flexibility index (Phi) is 5.29. The molecule has 0 saturated carbocycles. The fourth-order valence-electron chi connectivity index (χ4n) is 1.89. The van der Waals surface area contributed by atoms with E-state index in [0.29, 0.717) is 6.04 Å². The highest BCUT2D eigenvalue weighted by Crippen LogP contribution is 2.20. The minimum atomic E-state index is 0.585. The van der Waals surface area contributed by atoms with Crippen molar-refractivity contribution in [3.8, 4) is 0 Å². The molecular formula is C10H20BrNO. The van der Waals surface area contributed by atoms with Gasteiger partial charge in [0.1, 0.15) is 0 Å². The van der Waals surface area contributed by atoms with Crippen molar-refractivity contribution in [1.29, 1.82) is 0 Å². The third-order valence-electron chi connectivity index (χ3n) is 2.90. The van der Waals surface area contributed by atoms with Gasteiger partial charge in [-0.3, -0.25) is 4.90 Å². The van der Waals surface area contributed by atoms with Gasteiger partial charge < -0.3 is 4.74 Å². The highest BCUT2D eigenvalue weighted by Gasteiger charge is 2.21. The standard InChI is InChI=1S/C10H20BrNO/c1-9(8-13-2)12-5-3-10(7-11)4-6-12/h9-10H,3-8H2,1-2H3. The summed E-state index contributed by atoms with van der Waals surface area (Å²) in [5.74, 6) is 0.894. The van der Waals surface area contributed by atoms with Crippen LogP contribution >= 0.6 is 15.9 Å². The molecule has 0 spiro atoms. The molecule has 1 aliphatic heterocycles. The first kappa shape index (κ1) is 11.5. The topological polar surface area (TPSA) is 12.5 Å². The molecule has 1 rings (SSSR count). The zero-order chi connectivity index (χ0) is 9.68. The van der Waals surface area contributed by atoms with Crippen LogP contribution in [-0.2, 0) is 4.74 Å². The SMILES string of the molecule is COCC(C)N1CCC(CBr)CC1. The predicted octanol–water partition coefficient (Wildman–Crippen LogP) is 2.13. The Morgan fingerprint density at radius 3 is 2.54 bits per heavy atom. The second-order valence-electron chi connectivity index (χ2n) is 3.94. The Balaban J connectivity index is 2.23. The average Bonchev–Trinajstić information content (AvgIpc) is 2.18. The number of nitrogens with zero attached hydrogens (tertiary/aromatic N) is 1. The van der Waals surface area contributed by atoms with Crippen LogP contribution in [0, 0.1) is 5.92 Å². The van der Waals surface area contributed by atoms with Crippen LogP contribution in [0.15, 0.2) is 0 Å². The third kappa shape index (κ3) is 3.56. The van der Waals surface area contributed by atoms with E-state index >= 15 is 0 Å². The monoisotopic (exact) mass is 249 g/mol. The molecule has 0 N–H and O–H groups in total. The van der Waals surface area contributed by atoms with E-state index in [1.165, 1.54) is 31.3 Å². The van der Waals surface area contributed by atoms with Crippen LogP contribution in [0.3, 0.4) is 0 Å². The van der Waals surface area contributed by atoms with E-state index < -0.39 is 0 Å². The van der Waals surface area contributed by atoms with Gasteiger partial charge in [0.25, 0.3) is 0 Å². The van der Waals surface area contributed by atoms with Gasteiger partial charge in [-0.05, 0) is 38.8 Å². The summed E-state index contributed by atoms with van der Waals surface area (Å²) >= 11 is 3.56. The summed E-state index contributed by atoms with van der Waals surface area (Å²) in [6.45, 7) is 5.58. The van der Waals surface area contributed by atoms with Crippen molar-refractivity contribution in [3.63, 3.8) is 0 Å². The molecule has 1 heterocycles. The highest BCUT2D eigenvalue weighted by molar-refractivity contribution is 9.09. The summed E-state index contributed by atoms with van der Waals surface area (Å²) in [5.41, 5.74) is 0. The molecule has 78 valence electrons. The van der Waals surface area contributed by atoms with Crippen molar-refractivity contribution in [2.75, 3.05) is 32.1 Å². The molecule has 0 amide bonds. The molecule has 0 aromatic heterocycles. The van der Waals surface area contributed by atoms with Crippen LogP contribution in [0.4, 0.5) is 0 Å². The molecule has 1 atom stereocenters. The minimum absolute atomic E-state index is 0.585. The molecule has 0 aromatic carbocycles. The van der Waals surface area contributed by atoms with Gasteiger partial charge in [-0.25, -0.2) is 0 Å². The summed E-state index contributed by atoms with van der Waals surface area (Å²) in [5, 5.41) is 1.17. The van der Waals surface area contributed by atoms with Crippen molar-refractivity contribution in [1.82, 2.24) is 4.90 Å². The maximum absolute atomic E-state index is 5.16. The van der Waals surface area contributed by atoms with E-state index in [1.807, 2.05) is 0 Å². The summed E-state index contributed by atoms with van der Waals surface area (Å²) in [6.07, 6.45) is 2.67. The first-order chi connectivity index (χ1) is 6.27. The third-order valence-corrected chi connectivity index (χ3v) is 3.81. The fraction of sp³-hybridized carbons (Fsp3) is 1.00. The van der Waals surface area contributed by atoms with Crippen LogP contribution < -0.4 is 0 Å². The number of hydrogen-bond acceptors (Lipinski definition) is 2. The van der Waals surface area contributed by atoms with Gasteiger partial charge in [0, 0.05) is 18.5 Å². The molecule has 3 heteroatoms. The molecule has 0 bridgehead atoms. The zero-order valence-electron chi connectivity index (χ0n) is 8.63. The Morgan fingerprint density at radius 1 is 1.46 bits per heavy atom. The van der Waals surface area contributed by atoms with Gasteiger partial charge in [0.05, 0.1) is 6.61 Å². The second kappa shape index (κ2) is 5.99. The van der Waals surface area contributed by atoms with Crippen molar-refractivity contribution in [2.45, 2.75) is 25.8 Å². The molecule has 1 aliphatic rings. The average molecular weight is 250 g/mol. The van der Waals surface area contributed by atoms with Gasteiger partial charge in [-0.2, -0.15) is 0 Å². The van der Waals surface area contributed by atoms with Crippen molar-refractivity contribution in [2.24, 2.45) is 5.92 Å². The normalized spacial score (nSPS) is 23.3. The number of likely N-dealkylation sites (tertiary alicyclic amines) is 1. The summed E-state index contributed by atoms with van der Waals surface area (Å²) in [7, 11) is 1.78. The Hall–Kier alpha value is 0.400. The second-order valence-corrected chi connectivity index (χ2v) is 4.59. The van der Waals surface area contributed by atoms with Gasteiger partial charge >= 0.3 is 0 Å². The molecular weight excluding hydrogens is 230 g/mol. The summed E-state index contributed by atoms with van der Waals surface area (Å²) in [6, 6.07) is 0.585. The predicted molar refractivity (Wildman–Crippen MR) is 59.4 cm³/mol. The first-order valence-corrected chi connectivity index (χ1v) is 6.19. The fourth-order valence-corrected chi connectivity index (χ4v) is 2.54. The number of hydrogen-bond donors (Lipinski definition) is 0. The van der Waals surface area contributed by atoms with Crippen LogP contribution in [0.25, 0.3) is 0 Å². The summed E-state index contributed by atoms with van der Waals surface area (Å²) in [4.78, 5) is 2.53. The Bertz CT molecular complexity index is 135. The molecule has 1 fully saturated rings. The summed E-state index contributed by atoms with van der Waals surface area (Å²) < 4.78 is 5.16. The number of halogens is 1. The van der Waals surface area contributed by atoms with E-state index in [1.54, 1.807) is 7.11 Å². The van der Waals surface area contributed by atoms with Crippen LogP contribution in [0.5, 0.6) is 0 Å². The van der Waals surface area contributed by atoms with E-state index in [0.717, 1.165) is 12.5 Å². The maximum atomic E-state index is 5.16. The smallest absolute Gasteiger partial charge is 0.0615 e. The van der Waals surface area contributed by atoms with Crippen LogP contribution in [0.2, 0.25) is 0 Å². The van der Waals surface area contributed by atoms with Gasteiger partial charge in [0.15, 0.2) is 0 Å². The van der Waals surface area contributed by atoms with Crippen LogP contribution in [0.1, 0.15) is 19.8 Å². The van der Waals surface area contributed by atoms with E-state index in [9.17, 15) is 0 Å². The van der Waals surface area contributed by atoms with Crippen LogP contribution in [-0.4, -0.2) is 43.1 Å². The quantitative estimate of drug-likeness (QED) is 0.709. The molecule has 13 heavy (non-hydrogen) atoms. The Morgan fingerprint density at radius 2 is 2.08 bits per heavy atom. The molecule has 0 radical (unpaired) electrons. The van der Waals surface area contributed by atoms with Gasteiger partial charge in [0.2, 0.25) is 0 Å². The lowest BCUT2D eigenvalue weighted by Crippen LogP contribution is -2.42. The number of methoxy groups -OCH3 is 1. The largest absolute Gasteiger partial charge is 0.383 e. The molecule has 1 saturated heterocycles. The molecule has 0 aliphatic carbocycles. The Labute approximate surface area is 89.8 Å². The lowest BCUT2D eigenvalue weighted by Gasteiger charge is -2.35. The molecule has 2 nitrogen and oxygen atoms in total.